The van der Waals surface area contributed by atoms with E-state index in [4.69, 9.17) is 0 Å². The van der Waals surface area contributed by atoms with Crippen molar-refractivity contribution in [1.29, 1.82) is 0 Å². The second-order valence-electron chi connectivity index (χ2n) is 7.01. The first-order valence-electron chi connectivity index (χ1n) is 9.46. The summed E-state index contributed by atoms with van der Waals surface area (Å²) in [6, 6.07) is 6.47. The molecule has 0 radical (unpaired) electrons. The Morgan fingerprint density at radius 2 is 1.81 bits per heavy atom. The summed E-state index contributed by atoms with van der Waals surface area (Å²) in [4.78, 5) is 12.4. The zero-order valence-corrected chi connectivity index (χ0v) is 16.8. The molecule has 2 rings (SSSR count). The van der Waals surface area contributed by atoms with E-state index < -0.39 is 10.0 Å². The highest BCUT2D eigenvalue weighted by atomic mass is 32.2. The molecule has 0 heterocycles. The van der Waals surface area contributed by atoms with Crippen LogP contribution < -0.4 is 10.6 Å². The third-order valence-corrected chi connectivity index (χ3v) is 6.93. The highest BCUT2D eigenvalue weighted by Crippen LogP contribution is 2.26. The molecule has 1 aliphatic carbocycles. The lowest BCUT2D eigenvalue weighted by molar-refractivity contribution is 0.0950. The van der Waals surface area contributed by atoms with Gasteiger partial charge in [0.1, 0.15) is 0 Å². The Labute approximate surface area is 157 Å². The summed E-state index contributed by atoms with van der Waals surface area (Å²) in [7, 11) is -1.86. The molecular formula is C19H31N3O3S. The average molecular weight is 382 g/mol. The Balaban J connectivity index is 2.02. The molecule has 0 aromatic heterocycles. The molecule has 1 aliphatic rings. The van der Waals surface area contributed by atoms with Gasteiger partial charge in [0.15, 0.2) is 0 Å². The second kappa shape index (κ2) is 9.48. The topological polar surface area (TPSA) is 78.5 Å². The van der Waals surface area contributed by atoms with E-state index in [-0.39, 0.29) is 22.9 Å². The molecule has 7 heteroatoms. The number of hydrogen-bond donors (Lipinski definition) is 2. The lowest BCUT2D eigenvalue weighted by Gasteiger charge is -2.30. The summed E-state index contributed by atoms with van der Waals surface area (Å²) in [6.45, 7) is 5.39. The van der Waals surface area contributed by atoms with Crippen LogP contribution in [0, 0.1) is 0 Å². The van der Waals surface area contributed by atoms with Crippen LogP contribution in [0.1, 0.15) is 56.3 Å². The number of carbonyl (C=O) groups is 1. The SMILES string of the molecule is CCN[C@H](C)CNC(=O)c1ccc(S(=O)(=O)N(C)C2CCCCC2)cc1. The Morgan fingerprint density at radius 3 is 2.38 bits per heavy atom. The largest absolute Gasteiger partial charge is 0.350 e. The molecule has 1 fully saturated rings. The number of benzene rings is 1. The second-order valence-corrected chi connectivity index (χ2v) is 9.00. The Kier molecular flexibility index (Phi) is 7.61. The van der Waals surface area contributed by atoms with Crippen molar-refractivity contribution in [3.63, 3.8) is 0 Å². The predicted octanol–water partition coefficient (Wildman–Crippen LogP) is 2.37. The van der Waals surface area contributed by atoms with Gasteiger partial charge in [0.2, 0.25) is 10.0 Å². The minimum atomic E-state index is -3.52. The molecule has 1 amide bonds. The number of rotatable bonds is 8. The van der Waals surface area contributed by atoms with Crippen LogP contribution in [0.2, 0.25) is 0 Å². The lowest BCUT2D eigenvalue weighted by atomic mass is 9.96. The average Bonchev–Trinajstić information content (AvgIpc) is 2.66. The molecule has 1 aromatic carbocycles. The fourth-order valence-electron chi connectivity index (χ4n) is 3.35. The molecular weight excluding hydrogens is 350 g/mol. The number of likely N-dealkylation sites (N-methyl/N-ethyl adjacent to an activating group) is 1. The summed E-state index contributed by atoms with van der Waals surface area (Å²) in [5.41, 5.74) is 0.466. The number of nitrogens with zero attached hydrogens (tertiary/aromatic N) is 1. The highest BCUT2D eigenvalue weighted by Gasteiger charge is 2.29. The van der Waals surface area contributed by atoms with E-state index in [1.54, 1.807) is 19.2 Å². The van der Waals surface area contributed by atoms with E-state index in [0.717, 1.165) is 32.2 Å². The molecule has 0 unspecified atom stereocenters. The number of nitrogens with one attached hydrogen (secondary N) is 2. The van der Waals surface area contributed by atoms with E-state index in [2.05, 4.69) is 10.6 Å². The first-order chi connectivity index (χ1) is 12.4. The third kappa shape index (κ3) is 5.28. The quantitative estimate of drug-likeness (QED) is 0.725. The number of hydrogen-bond acceptors (Lipinski definition) is 4. The summed E-state index contributed by atoms with van der Waals surface area (Å²) < 4.78 is 27.1. The van der Waals surface area contributed by atoms with Crippen LogP contribution >= 0.6 is 0 Å². The minimum absolute atomic E-state index is 0.0734. The van der Waals surface area contributed by atoms with Gasteiger partial charge in [0, 0.05) is 31.2 Å². The fraction of sp³-hybridized carbons (Fsp3) is 0.632. The number of amides is 1. The van der Waals surface area contributed by atoms with Gasteiger partial charge in [-0.15, -0.1) is 0 Å². The molecule has 0 aliphatic heterocycles. The minimum Gasteiger partial charge on any atom is -0.350 e. The monoisotopic (exact) mass is 381 g/mol. The van der Waals surface area contributed by atoms with Crippen LogP contribution in [0.4, 0.5) is 0 Å². The van der Waals surface area contributed by atoms with Crippen LogP contribution in [0.5, 0.6) is 0 Å². The smallest absolute Gasteiger partial charge is 0.251 e. The van der Waals surface area contributed by atoms with E-state index in [9.17, 15) is 13.2 Å². The van der Waals surface area contributed by atoms with E-state index >= 15 is 0 Å². The molecule has 146 valence electrons. The van der Waals surface area contributed by atoms with Crippen molar-refractivity contribution in [3.8, 4) is 0 Å². The zero-order valence-electron chi connectivity index (χ0n) is 16.0. The maximum atomic E-state index is 12.8. The molecule has 0 spiro atoms. The van der Waals surface area contributed by atoms with Gasteiger partial charge in [0.25, 0.3) is 5.91 Å². The van der Waals surface area contributed by atoms with Gasteiger partial charge in [-0.2, -0.15) is 4.31 Å². The van der Waals surface area contributed by atoms with Gasteiger partial charge >= 0.3 is 0 Å². The maximum absolute atomic E-state index is 12.8. The van der Waals surface area contributed by atoms with E-state index in [1.165, 1.54) is 22.9 Å². The van der Waals surface area contributed by atoms with Crippen molar-refractivity contribution in [2.24, 2.45) is 0 Å². The number of sulfonamides is 1. The van der Waals surface area contributed by atoms with Crippen LogP contribution in [-0.4, -0.2) is 50.9 Å². The van der Waals surface area contributed by atoms with Crippen LogP contribution in [0.15, 0.2) is 29.2 Å². The molecule has 26 heavy (non-hydrogen) atoms. The molecule has 0 saturated heterocycles. The van der Waals surface area contributed by atoms with Gasteiger partial charge in [-0.3, -0.25) is 4.79 Å². The van der Waals surface area contributed by atoms with Crippen LogP contribution in [0.25, 0.3) is 0 Å². The Morgan fingerprint density at radius 1 is 1.19 bits per heavy atom. The van der Waals surface area contributed by atoms with Gasteiger partial charge in [-0.25, -0.2) is 8.42 Å². The maximum Gasteiger partial charge on any atom is 0.251 e. The summed E-state index contributed by atoms with van der Waals surface area (Å²) in [6.07, 6.45) is 5.17. The van der Waals surface area contributed by atoms with Gasteiger partial charge in [-0.05, 0) is 50.6 Å². The summed E-state index contributed by atoms with van der Waals surface area (Å²) in [5.74, 6) is -0.195. The lowest BCUT2D eigenvalue weighted by Crippen LogP contribution is -2.39. The Bertz CT molecular complexity index is 682. The molecule has 0 bridgehead atoms. The van der Waals surface area contributed by atoms with E-state index in [1.807, 2.05) is 13.8 Å². The van der Waals surface area contributed by atoms with Crippen LogP contribution in [-0.2, 0) is 10.0 Å². The normalized spacial score (nSPS) is 17.2. The molecule has 1 saturated carbocycles. The predicted molar refractivity (Wildman–Crippen MR) is 104 cm³/mol. The van der Waals surface area contributed by atoms with Gasteiger partial charge < -0.3 is 10.6 Å². The fourth-order valence-corrected chi connectivity index (χ4v) is 4.77. The summed E-state index contributed by atoms with van der Waals surface area (Å²) in [5, 5.41) is 6.08. The number of carbonyl (C=O) groups excluding carboxylic acids is 1. The highest BCUT2D eigenvalue weighted by molar-refractivity contribution is 7.89. The van der Waals surface area contributed by atoms with Crippen molar-refractivity contribution in [2.45, 2.75) is 62.9 Å². The van der Waals surface area contributed by atoms with Crippen LogP contribution in [0.3, 0.4) is 0 Å². The first kappa shape index (κ1) is 20.9. The molecule has 2 N–H and O–H groups in total. The third-order valence-electron chi connectivity index (χ3n) is 5.00. The van der Waals surface area contributed by atoms with E-state index in [0.29, 0.717) is 12.1 Å². The standard InChI is InChI=1S/C19H31N3O3S/c1-4-20-15(2)14-21-19(23)16-10-12-18(13-11-16)26(24,25)22(3)17-8-6-5-7-9-17/h10-13,15,17,20H,4-9,14H2,1-3H3,(H,21,23)/t15-/m1/s1. The van der Waals surface area contributed by atoms with Crippen molar-refractivity contribution < 1.29 is 13.2 Å². The van der Waals surface area contributed by atoms with Gasteiger partial charge in [0.05, 0.1) is 4.90 Å². The van der Waals surface area contributed by atoms with Gasteiger partial charge in [-0.1, -0.05) is 26.2 Å². The zero-order chi connectivity index (χ0) is 19.2. The first-order valence-corrected chi connectivity index (χ1v) is 10.9. The van der Waals surface area contributed by atoms with Crippen molar-refractivity contribution >= 4 is 15.9 Å². The van der Waals surface area contributed by atoms with Crippen molar-refractivity contribution in [1.82, 2.24) is 14.9 Å². The van der Waals surface area contributed by atoms with Crippen molar-refractivity contribution in [3.05, 3.63) is 29.8 Å². The Hall–Kier alpha value is -1.44. The molecule has 6 nitrogen and oxygen atoms in total. The van der Waals surface area contributed by atoms with Crippen molar-refractivity contribution in [2.75, 3.05) is 20.1 Å². The molecule has 1 atom stereocenters. The summed E-state index contributed by atoms with van der Waals surface area (Å²) >= 11 is 0. The molecule has 1 aromatic rings.